The number of aromatic nitrogens is 2. The number of aryl methyl sites for hydroxylation is 1. The molecule has 1 amide bonds. The molecule has 0 bridgehead atoms. The second-order valence-electron chi connectivity index (χ2n) is 8.73. The summed E-state index contributed by atoms with van der Waals surface area (Å²) in [6.07, 6.45) is 10.7. The zero-order valence-corrected chi connectivity index (χ0v) is 18.6. The molecule has 0 atom stereocenters. The zero-order valence-electron chi connectivity index (χ0n) is 17.8. The molecule has 2 aromatic rings. The van der Waals surface area contributed by atoms with Gasteiger partial charge in [0.25, 0.3) is 5.91 Å². The summed E-state index contributed by atoms with van der Waals surface area (Å²) in [6, 6.07) is 3.44. The molecule has 2 heterocycles. The molecule has 0 unspecified atom stereocenters. The van der Waals surface area contributed by atoms with Crippen LogP contribution in [0.4, 0.5) is 0 Å². The lowest BCUT2D eigenvalue weighted by atomic mass is 9.91. The van der Waals surface area contributed by atoms with Crippen molar-refractivity contribution < 1.29 is 4.79 Å². The molecule has 2 aromatic heterocycles. The van der Waals surface area contributed by atoms with Gasteiger partial charge >= 0.3 is 0 Å². The molecule has 2 aliphatic rings. The predicted octanol–water partition coefficient (Wildman–Crippen LogP) is 3.76. The third-order valence-corrected chi connectivity index (χ3v) is 7.71. The van der Waals surface area contributed by atoms with Crippen molar-refractivity contribution in [2.24, 2.45) is 0 Å². The molecule has 0 aliphatic heterocycles. The maximum absolute atomic E-state index is 12.9. The van der Waals surface area contributed by atoms with Gasteiger partial charge in [-0.1, -0.05) is 19.3 Å². The Morgan fingerprint density at radius 2 is 1.83 bits per heavy atom. The third-order valence-electron chi connectivity index (χ3n) is 6.58. The minimum Gasteiger partial charge on any atom is -0.349 e. The Kier molecular flexibility index (Phi) is 6.88. The van der Waals surface area contributed by atoms with Gasteiger partial charge < -0.3 is 16.0 Å². The SMILES string of the molecule is CNCCNC1CCC(NC(=O)c2cc3c(C)nn(C4CCCCC4)c3s2)CC1. The highest BCUT2D eigenvalue weighted by atomic mass is 32.1. The number of amides is 1. The Morgan fingerprint density at radius 1 is 1.10 bits per heavy atom. The molecule has 0 radical (unpaired) electrons. The molecule has 4 rings (SSSR count). The highest BCUT2D eigenvalue weighted by molar-refractivity contribution is 7.20. The van der Waals surface area contributed by atoms with Crippen LogP contribution in [-0.2, 0) is 0 Å². The largest absolute Gasteiger partial charge is 0.349 e. The average molecular weight is 418 g/mol. The van der Waals surface area contributed by atoms with Crippen molar-refractivity contribution in [3.63, 3.8) is 0 Å². The van der Waals surface area contributed by atoms with Gasteiger partial charge in [0.15, 0.2) is 0 Å². The minimum absolute atomic E-state index is 0.0902. The molecule has 6 nitrogen and oxygen atoms in total. The van der Waals surface area contributed by atoms with Gasteiger partial charge in [0.2, 0.25) is 0 Å². The molecular weight excluding hydrogens is 382 g/mol. The molecule has 0 spiro atoms. The first-order valence-electron chi connectivity index (χ1n) is 11.3. The van der Waals surface area contributed by atoms with Crippen LogP contribution in [0.15, 0.2) is 6.07 Å². The molecule has 2 saturated carbocycles. The van der Waals surface area contributed by atoms with Crippen molar-refractivity contribution in [1.82, 2.24) is 25.7 Å². The monoisotopic (exact) mass is 417 g/mol. The first kappa shape index (κ1) is 20.8. The first-order valence-corrected chi connectivity index (χ1v) is 12.1. The number of carbonyl (C=O) groups is 1. The van der Waals surface area contributed by atoms with Crippen LogP contribution in [0.1, 0.15) is 79.2 Å². The Hall–Kier alpha value is -1.44. The van der Waals surface area contributed by atoms with E-state index in [9.17, 15) is 4.79 Å². The molecule has 0 saturated heterocycles. The lowest BCUT2D eigenvalue weighted by molar-refractivity contribution is 0.0928. The van der Waals surface area contributed by atoms with E-state index in [2.05, 4.69) is 33.6 Å². The van der Waals surface area contributed by atoms with E-state index in [4.69, 9.17) is 5.10 Å². The topological polar surface area (TPSA) is 71.0 Å². The number of nitrogens with zero attached hydrogens (tertiary/aromatic N) is 2. The number of hydrogen-bond acceptors (Lipinski definition) is 5. The summed E-state index contributed by atoms with van der Waals surface area (Å²) in [6.45, 7) is 4.08. The quantitative estimate of drug-likeness (QED) is 0.600. The Balaban J connectivity index is 1.37. The Morgan fingerprint density at radius 3 is 2.55 bits per heavy atom. The van der Waals surface area contributed by atoms with E-state index >= 15 is 0 Å². The predicted molar refractivity (Wildman–Crippen MR) is 120 cm³/mol. The maximum Gasteiger partial charge on any atom is 0.261 e. The van der Waals surface area contributed by atoms with Crippen LogP contribution in [0.2, 0.25) is 0 Å². The highest BCUT2D eigenvalue weighted by Gasteiger charge is 2.25. The second-order valence-corrected chi connectivity index (χ2v) is 9.76. The van der Waals surface area contributed by atoms with Crippen molar-refractivity contribution in [1.29, 1.82) is 0 Å². The minimum atomic E-state index is 0.0902. The van der Waals surface area contributed by atoms with E-state index in [-0.39, 0.29) is 5.91 Å². The fourth-order valence-electron chi connectivity index (χ4n) is 4.86. The van der Waals surface area contributed by atoms with Gasteiger partial charge in [0.05, 0.1) is 16.6 Å². The van der Waals surface area contributed by atoms with Crippen LogP contribution in [0.3, 0.4) is 0 Å². The molecule has 2 aliphatic carbocycles. The highest BCUT2D eigenvalue weighted by Crippen LogP contribution is 2.35. The summed E-state index contributed by atoms with van der Waals surface area (Å²) >= 11 is 1.62. The number of carbonyl (C=O) groups excluding carboxylic acids is 1. The van der Waals surface area contributed by atoms with E-state index in [0.29, 0.717) is 18.1 Å². The summed E-state index contributed by atoms with van der Waals surface area (Å²) < 4.78 is 2.22. The van der Waals surface area contributed by atoms with Crippen molar-refractivity contribution >= 4 is 27.5 Å². The lowest BCUT2D eigenvalue weighted by Crippen LogP contribution is -2.43. The standard InChI is InChI=1S/C22H35N5OS/c1-15-19-14-20(29-22(19)27(26-15)18-6-4-3-5-7-18)21(28)25-17-10-8-16(9-11-17)24-13-12-23-2/h14,16-18,23-24H,3-13H2,1-2H3,(H,25,28). The van der Waals surface area contributed by atoms with Crippen LogP contribution < -0.4 is 16.0 Å². The van der Waals surface area contributed by atoms with Gasteiger partial charge in [-0.15, -0.1) is 11.3 Å². The number of nitrogens with one attached hydrogen (secondary N) is 3. The van der Waals surface area contributed by atoms with Crippen LogP contribution in [0.25, 0.3) is 10.2 Å². The van der Waals surface area contributed by atoms with Crippen LogP contribution in [0, 0.1) is 6.92 Å². The van der Waals surface area contributed by atoms with Gasteiger partial charge in [-0.3, -0.25) is 9.48 Å². The van der Waals surface area contributed by atoms with Gasteiger partial charge in [-0.05, 0) is 58.6 Å². The molecule has 0 aromatic carbocycles. The lowest BCUT2D eigenvalue weighted by Gasteiger charge is -2.29. The molecular formula is C22H35N5OS. The van der Waals surface area contributed by atoms with Crippen molar-refractivity contribution in [2.45, 2.75) is 82.8 Å². The van der Waals surface area contributed by atoms with Gasteiger partial charge in [-0.2, -0.15) is 5.10 Å². The summed E-state index contributed by atoms with van der Waals surface area (Å²) in [4.78, 5) is 14.9. The number of likely N-dealkylation sites (N-methyl/N-ethyl adjacent to an activating group) is 1. The van der Waals surface area contributed by atoms with Crippen molar-refractivity contribution in [3.8, 4) is 0 Å². The third kappa shape index (κ3) is 4.84. The maximum atomic E-state index is 12.9. The average Bonchev–Trinajstić information content (AvgIpc) is 3.31. The van der Waals surface area contributed by atoms with Crippen molar-refractivity contribution in [3.05, 3.63) is 16.6 Å². The summed E-state index contributed by atoms with van der Waals surface area (Å²) in [5, 5.41) is 16.0. The molecule has 160 valence electrons. The summed E-state index contributed by atoms with van der Waals surface area (Å²) in [5.74, 6) is 0.0902. The Bertz CT molecular complexity index is 815. The van der Waals surface area contributed by atoms with E-state index in [0.717, 1.165) is 54.7 Å². The fourth-order valence-corrected chi connectivity index (χ4v) is 5.99. The van der Waals surface area contributed by atoms with E-state index in [1.165, 1.54) is 36.9 Å². The number of hydrogen-bond donors (Lipinski definition) is 3. The fraction of sp³-hybridized carbons (Fsp3) is 0.727. The van der Waals surface area contributed by atoms with Gasteiger partial charge in [0.1, 0.15) is 4.83 Å². The van der Waals surface area contributed by atoms with Crippen LogP contribution in [0.5, 0.6) is 0 Å². The van der Waals surface area contributed by atoms with Crippen LogP contribution >= 0.6 is 11.3 Å². The summed E-state index contributed by atoms with van der Waals surface area (Å²) in [7, 11) is 1.98. The van der Waals surface area contributed by atoms with E-state index < -0.39 is 0 Å². The molecule has 29 heavy (non-hydrogen) atoms. The Labute approximate surface area is 177 Å². The van der Waals surface area contributed by atoms with Gasteiger partial charge in [-0.25, -0.2) is 0 Å². The zero-order chi connectivity index (χ0) is 20.2. The number of fused-ring (bicyclic) bond motifs is 1. The normalized spacial score (nSPS) is 23.5. The summed E-state index contributed by atoms with van der Waals surface area (Å²) in [5.41, 5.74) is 1.05. The molecule has 7 heteroatoms. The van der Waals surface area contributed by atoms with E-state index in [1.54, 1.807) is 11.3 Å². The second kappa shape index (κ2) is 9.58. The first-order chi connectivity index (χ1) is 14.2. The van der Waals surface area contributed by atoms with Gasteiger partial charge in [0, 0.05) is 30.6 Å². The van der Waals surface area contributed by atoms with Crippen molar-refractivity contribution in [2.75, 3.05) is 20.1 Å². The number of thiophene rings is 1. The molecule has 3 N–H and O–H groups in total. The van der Waals surface area contributed by atoms with E-state index in [1.807, 2.05) is 7.05 Å². The molecule has 2 fully saturated rings. The van der Waals surface area contributed by atoms with Crippen LogP contribution in [-0.4, -0.2) is 47.9 Å². The smallest absolute Gasteiger partial charge is 0.261 e. The number of rotatable bonds is 7.